The number of likely N-dealkylation sites (N-methyl/N-ethyl adjacent to an activating group) is 1. The quantitative estimate of drug-likeness (QED) is 0.649. The molecule has 0 atom stereocenters. The van der Waals surface area contributed by atoms with Gasteiger partial charge < -0.3 is 15.0 Å². The lowest BCUT2D eigenvalue weighted by Crippen LogP contribution is -2.35. The van der Waals surface area contributed by atoms with Crippen molar-refractivity contribution < 1.29 is 19.1 Å². The van der Waals surface area contributed by atoms with Gasteiger partial charge in [-0.05, 0) is 56.2 Å². The number of nitrogens with one attached hydrogen (secondary N) is 1. The Labute approximate surface area is 159 Å². The number of rotatable bonds is 5. The van der Waals surface area contributed by atoms with Gasteiger partial charge >= 0.3 is 5.97 Å². The summed E-state index contributed by atoms with van der Waals surface area (Å²) in [6.45, 7) is 7.12. The average molecular weight is 368 g/mol. The standard InChI is InChI=1S/C21H24N2O4/c1-13-10-14(2)20(15(3)11-13)22-19(25)12-23(5)21(26)17-6-8-18(9-7-17)27-16(4)24/h6-11H,12H2,1-5H3,(H,22,25). The van der Waals surface area contributed by atoms with E-state index in [1.807, 2.05) is 32.9 Å². The van der Waals surface area contributed by atoms with Crippen molar-refractivity contribution in [1.82, 2.24) is 4.90 Å². The lowest BCUT2D eigenvalue weighted by atomic mass is 10.1. The number of carbonyl (C=O) groups is 3. The molecule has 2 aromatic rings. The van der Waals surface area contributed by atoms with Gasteiger partial charge in [-0.2, -0.15) is 0 Å². The second-order valence-corrected chi connectivity index (χ2v) is 6.60. The van der Waals surface area contributed by atoms with Gasteiger partial charge in [-0.15, -0.1) is 0 Å². The molecule has 0 aliphatic carbocycles. The van der Waals surface area contributed by atoms with Crippen LogP contribution in [-0.4, -0.2) is 36.3 Å². The Morgan fingerprint density at radius 1 is 1.00 bits per heavy atom. The number of amides is 2. The minimum Gasteiger partial charge on any atom is -0.427 e. The molecule has 0 saturated heterocycles. The molecule has 142 valence electrons. The van der Waals surface area contributed by atoms with Crippen molar-refractivity contribution in [1.29, 1.82) is 0 Å². The van der Waals surface area contributed by atoms with Gasteiger partial charge in [-0.1, -0.05) is 17.7 Å². The molecule has 0 fully saturated rings. The van der Waals surface area contributed by atoms with Crippen LogP contribution in [0.15, 0.2) is 36.4 Å². The molecule has 0 unspecified atom stereocenters. The predicted molar refractivity (Wildman–Crippen MR) is 104 cm³/mol. The summed E-state index contributed by atoms with van der Waals surface area (Å²) in [6, 6.07) is 10.2. The third kappa shape index (κ3) is 5.41. The molecule has 2 aromatic carbocycles. The maximum Gasteiger partial charge on any atom is 0.308 e. The van der Waals surface area contributed by atoms with Crippen LogP contribution in [0.25, 0.3) is 0 Å². The summed E-state index contributed by atoms with van der Waals surface area (Å²) in [5.41, 5.74) is 4.28. The van der Waals surface area contributed by atoms with E-state index in [1.54, 1.807) is 31.3 Å². The molecule has 0 saturated carbocycles. The Morgan fingerprint density at radius 3 is 2.07 bits per heavy atom. The molecule has 0 bridgehead atoms. The molecule has 0 aliphatic heterocycles. The molecule has 0 radical (unpaired) electrons. The highest BCUT2D eigenvalue weighted by Crippen LogP contribution is 2.22. The summed E-state index contributed by atoms with van der Waals surface area (Å²) in [6.07, 6.45) is 0. The maximum atomic E-state index is 12.5. The van der Waals surface area contributed by atoms with Crippen molar-refractivity contribution in [2.24, 2.45) is 0 Å². The third-order valence-electron chi connectivity index (χ3n) is 4.03. The lowest BCUT2D eigenvalue weighted by molar-refractivity contribution is -0.131. The topological polar surface area (TPSA) is 75.7 Å². The zero-order chi connectivity index (χ0) is 20.1. The summed E-state index contributed by atoms with van der Waals surface area (Å²) < 4.78 is 4.94. The van der Waals surface area contributed by atoms with Gasteiger partial charge in [-0.3, -0.25) is 14.4 Å². The summed E-state index contributed by atoms with van der Waals surface area (Å²) in [5, 5.41) is 2.88. The Kier molecular flexibility index (Phi) is 6.34. The minimum absolute atomic E-state index is 0.0721. The van der Waals surface area contributed by atoms with Gasteiger partial charge in [0.2, 0.25) is 5.91 Å². The van der Waals surface area contributed by atoms with Crippen molar-refractivity contribution in [3.63, 3.8) is 0 Å². The SMILES string of the molecule is CC(=O)Oc1ccc(C(=O)N(C)CC(=O)Nc2c(C)cc(C)cc2C)cc1. The second kappa shape index (κ2) is 8.49. The van der Waals surface area contributed by atoms with Crippen LogP contribution < -0.4 is 10.1 Å². The molecule has 6 nitrogen and oxygen atoms in total. The van der Waals surface area contributed by atoms with Crippen LogP contribution in [0.1, 0.15) is 34.0 Å². The number of carbonyl (C=O) groups excluding carboxylic acids is 3. The van der Waals surface area contributed by atoms with Gasteiger partial charge in [0.05, 0.1) is 6.54 Å². The fraction of sp³-hybridized carbons (Fsp3) is 0.286. The number of hydrogen-bond acceptors (Lipinski definition) is 4. The molecule has 0 aliphatic rings. The Morgan fingerprint density at radius 2 is 1.56 bits per heavy atom. The lowest BCUT2D eigenvalue weighted by Gasteiger charge is -2.18. The van der Waals surface area contributed by atoms with Gasteiger partial charge in [0.25, 0.3) is 5.91 Å². The Balaban J connectivity index is 2.01. The van der Waals surface area contributed by atoms with Gasteiger partial charge in [0, 0.05) is 25.2 Å². The first kappa shape index (κ1) is 20.2. The smallest absolute Gasteiger partial charge is 0.308 e. The maximum absolute atomic E-state index is 12.5. The van der Waals surface area contributed by atoms with E-state index in [9.17, 15) is 14.4 Å². The van der Waals surface area contributed by atoms with E-state index in [0.29, 0.717) is 11.3 Å². The Bertz CT molecular complexity index is 849. The van der Waals surface area contributed by atoms with Crippen LogP contribution in [0.5, 0.6) is 5.75 Å². The third-order valence-corrected chi connectivity index (χ3v) is 4.03. The normalized spacial score (nSPS) is 10.3. The van der Waals surface area contributed by atoms with Crippen molar-refractivity contribution in [3.05, 3.63) is 58.7 Å². The van der Waals surface area contributed by atoms with E-state index in [-0.39, 0.29) is 18.4 Å². The van der Waals surface area contributed by atoms with Crippen molar-refractivity contribution in [2.75, 3.05) is 18.9 Å². The zero-order valence-electron chi connectivity index (χ0n) is 16.3. The fourth-order valence-corrected chi connectivity index (χ4v) is 2.90. The van der Waals surface area contributed by atoms with Crippen LogP contribution in [0, 0.1) is 20.8 Å². The molecule has 2 amide bonds. The summed E-state index contributed by atoms with van der Waals surface area (Å²) in [7, 11) is 1.57. The van der Waals surface area contributed by atoms with E-state index in [0.717, 1.165) is 22.4 Å². The van der Waals surface area contributed by atoms with Crippen LogP contribution >= 0.6 is 0 Å². The van der Waals surface area contributed by atoms with E-state index in [4.69, 9.17) is 4.74 Å². The number of esters is 1. The van der Waals surface area contributed by atoms with Crippen LogP contribution in [0.2, 0.25) is 0 Å². The van der Waals surface area contributed by atoms with Gasteiger partial charge in [0.15, 0.2) is 0 Å². The van der Waals surface area contributed by atoms with Crippen molar-refractivity contribution in [3.8, 4) is 5.75 Å². The first-order chi connectivity index (χ1) is 12.7. The van der Waals surface area contributed by atoms with Crippen LogP contribution in [-0.2, 0) is 9.59 Å². The van der Waals surface area contributed by atoms with Crippen LogP contribution in [0.3, 0.4) is 0 Å². The van der Waals surface area contributed by atoms with Crippen molar-refractivity contribution in [2.45, 2.75) is 27.7 Å². The molecular formula is C21H24N2O4. The summed E-state index contributed by atoms with van der Waals surface area (Å²) >= 11 is 0. The first-order valence-corrected chi connectivity index (χ1v) is 8.59. The molecule has 2 rings (SSSR count). The highest BCUT2D eigenvalue weighted by molar-refractivity contribution is 5.99. The molecule has 1 N–H and O–H groups in total. The molecule has 27 heavy (non-hydrogen) atoms. The Hall–Kier alpha value is -3.15. The average Bonchev–Trinajstić information content (AvgIpc) is 2.57. The van der Waals surface area contributed by atoms with Gasteiger partial charge in [-0.25, -0.2) is 0 Å². The largest absolute Gasteiger partial charge is 0.427 e. The number of hydrogen-bond donors (Lipinski definition) is 1. The molecule has 0 aromatic heterocycles. The van der Waals surface area contributed by atoms with Gasteiger partial charge in [0.1, 0.15) is 5.75 Å². The van der Waals surface area contributed by atoms with E-state index < -0.39 is 5.97 Å². The van der Waals surface area contributed by atoms with Crippen molar-refractivity contribution >= 4 is 23.5 Å². The number of nitrogens with zero attached hydrogens (tertiary/aromatic N) is 1. The summed E-state index contributed by atoms with van der Waals surface area (Å²) in [5.74, 6) is -0.622. The molecule has 6 heteroatoms. The fourth-order valence-electron chi connectivity index (χ4n) is 2.90. The number of ether oxygens (including phenoxy) is 1. The molecule has 0 spiro atoms. The first-order valence-electron chi connectivity index (χ1n) is 8.59. The zero-order valence-corrected chi connectivity index (χ0v) is 16.3. The summed E-state index contributed by atoms with van der Waals surface area (Å²) in [4.78, 5) is 37.1. The molecule has 0 heterocycles. The number of aryl methyl sites for hydroxylation is 3. The highest BCUT2D eigenvalue weighted by atomic mass is 16.5. The predicted octanol–water partition coefficient (Wildman–Crippen LogP) is 3.25. The highest BCUT2D eigenvalue weighted by Gasteiger charge is 2.16. The van der Waals surface area contributed by atoms with E-state index in [1.165, 1.54) is 11.8 Å². The number of anilines is 1. The number of benzene rings is 2. The second-order valence-electron chi connectivity index (χ2n) is 6.60. The molecular weight excluding hydrogens is 344 g/mol. The monoisotopic (exact) mass is 368 g/mol. The van der Waals surface area contributed by atoms with Crippen LogP contribution in [0.4, 0.5) is 5.69 Å². The van der Waals surface area contributed by atoms with E-state index in [2.05, 4.69) is 5.32 Å². The van der Waals surface area contributed by atoms with E-state index >= 15 is 0 Å². The minimum atomic E-state index is -0.426.